The largest absolute Gasteiger partial charge is 0.294 e. The molecule has 0 unspecified atom stereocenters. The topological polar surface area (TPSA) is 17.1 Å². The molecule has 0 amide bonds. The van der Waals surface area contributed by atoms with Gasteiger partial charge in [0.1, 0.15) is 0 Å². The van der Waals surface area contributed by atoms with E-state index in [9.17, 15) is 4.79 Å². The molecule has 132 valence electrons. The van der Waals surface area contributed by atoms with Crippen molar-refractivity contribution in [1.82, 2.24) is 0 Å². The Kier molecular flexibility index (Phi) is 5.01. The Labute approximate surface area is 153 Å². The molecule has 1 nitrogen and oxygen atoms in total. The average Bonchev–Trinajstić information content (AvgIpc) is 2.90. The van der Waals surface area contributed by atoms with Gasteiger partial charge in [-0.1, -0.05) is 98.8 Å². The van der Waals surface area contributed by atoms with Crippen molar-refractivity contribution in [2.45, 2.75) is 45.8 Å². The van der Waals surface area contributed by atoms with Crippen LogP contribution in [0.3, 0.4) is 0 Å². The maximum atomic E-state index is 13.1. The lowest BCUT2D eigenvalue weighted by molar-refractivity contribution is 0.0815. The highest BCUT2D eigenvalue weighted by Gasteiger charge is 2.46. The van der Waals surface area contributed by atoms with Crippen molar-refractivity contribution < 1.29 is 4.79 Å². The van der Waals surface area contributed by atoms with Crippen LogP contribution in [0.25, 0.3) is 0 Å². The number of benzene rings is 2. The van der Waals surface area contributed by atoms with Crippen LogP contribution in [0, 0.1) is 17.3 Å². The van der Waals surface area contributed by atoms with Gasteiger partial charge >= 0.3 is 0 Å². The van der Waals surface area contributed by atoms with Crippen molar-refractivity contribution in [2.75, 3.05) is 0 Å². The summed E-state index contributed by atoms with van der Waals surface area (Å²) in [7, 11) is -1.47. The lowest BCUT2D eigenvalue weighted by atomic mass is 9.80. The van der Waals surface area contributed by atoms with Crippen molar-refractivity contribution in [3.05, 3.63) is 66.2 Å². The van der Waals surface area contributed by atoms with Crippen LogP contribution in [0.1, 0.15) is 37.0 Å². The number of Topliss-reactive ketones (excluding diaryl/α,β-unsaturated/α-hetero) is 1. The maximum absolute atomic E-state index is 13.1. The van der Waals surface area contributed by atoms with Crippen molar-refractivity contribution in [3.8, 4) is 0 Å². The van der Waals surface area contributed by atoms with Crippen molar-refractivity contribution in [3.63, 3.8) is 0 Å². The molecule has 2 heteroatoms. The third-order valence-corrected chi connectivity index (χ3v) is 9.64. The minimum Gasteiger partial charge on any atom is -0.294 e. The first-order valence-electron chi connectivity index (χ1n) is 9.47. The van der Waals surface area contributed by atoms with Crippen LogP contribution < -0.4 is 5.19 Å². The first kappa shape index (κ1) is 18.1. The molecular formula is C23H30OSi. The third-order valence-electron chi connectivity index (χ3n) is 6.20. The number of hydrogen-bond acceptors (Lipinski definition) is 1. The van der Waals surface area contributed by atoms with Crippen LogP contribution in [-0.4, -0.2) is 13.9 Å². The van der Waals surface area contributed by atoms with Gasteiger partial charge in [-0.3, -0.25) is 4.79 Å². The van der Waals surface area contributed by atoms with E-state index in [0.29, 0.717) is 17.6 Å². The standard InChI is InChI=1S/C23H30OSi/c1-18-15-23(2,22(24)19-11-7-5-8-12-19)16-20(18)17-25(3,4)21-13-9-6-10-14-21/h5-14,18,20H,15-17H2,1-4H3/t18-,20+,23+/m1/s1. The molecule has 0 aliphatic heterocycles. The number of carbonyl (C=O) groups is 1. The third kappa shape index (κ3) is 3.79. The average molecular weight is 351 g/mol. The highest BCUT2D eigenvalue weighted by Crippen LogP contribution is 2.49. The summed E-state index contributed by atoms with van der Waals surface area (Å²) in [4.78, 5) is 13.1. The Bertz CT molecular complexity index is 722. The molecule has 2 aromatic rings. The zero-order valence-corrected chi connectivity index (χ0v) is 17.0. The summed E-state index contributed by atoms with van der Waals surface area (Å²) in [6.07, 6.45) is 2.05. The molecule has 1 saturated carbocycles. The molecule has 3 rings (SSSR count). The van der Waals surface area contributed by atoms with Gasteiger partial charge in [-0.05, 0) is 24.7 Å². The fraction of sp³-hybridized carbons (Fsp3) is 0.435. The minimum absolute atomic E-state index is 0.202. The van der Waals surface area contributed by atoms with Crippen molar-refractivity contribution in [2.24, 2.45) is 17.3 Å². The van der Waals surface area contributed by atoms with Crippen LogP contribution in [0.5, 0.6) is 0 Å². The number of hydrogen-bond donors (Lipinski definition) is 0. The Hall–Kier alpha value is -1.67. The quantitative estimate of drug-likeness (QED) is 0.511. The summed E-state index contributed by atoms with van der Waals surface area (Å²) < 4.78 is 0. The lowest BCUT2D eigenvalue weighted by Gasteiger charge is -2.29. The molecule has 25 heavy (non-hydrogen) atoms. The van der Waals surface area contributed by atoms with Crippen LogP contribution in [0.4, 0.5) is 0 Å². The molecule has 1 fully saturated rings. The van der Waals surface area contributed by atoms with Gasteiger partial charge in [0.05, 0.1) is 8.07 Å². The van der Waals surface area contributed by atoms with E-state index >= 15 is 0 Å². The summed E-state index contributed by atoms with van der Waals surface area (Å²) >= 11 is 0. The van der Waals surface area contributed by atoms with Gasteiger partial charge in [0.15, 0.2) is 5.78 Å². The fourth-order valence-electron chi connectivity index (χ4n) is 4.80. The molecule has 0 aromatic heterocycles. The minimum atomic E-state index is -1.47. The molecule has 3 atom stereocenters. The van der Waals surface area contributed by atoms with Crippen molar-refractivity contribution in [1.29, 1.82) is 0 Å². The van der Waals surface area contributed by atoms with E-state index in [1.807, 2.05) is 30.3 Å². The molecule has 1 aliphatic rings. The summed E-state index contributed by atoms with van der Waals surface area (Å²) in [5.41, 5.74) is 0.671. The first-order chi connectivity index (χ1) is 11.8. The highest BCUT2D eigenvalue weighted by molar-refractivity contribution is 6.89. The predicted molar refractivity (Wildman–Crippen MR) is 109 cm³/mol. The highest BCUT2D eigenvalue weighted by atomic mass is 28.3. The second-order valence-electron chi connectivity index (χ2n) is 8.86. The van der Waals surface area contributed by atoms with E-state index in [2.05, 4.69) is 57.3 Å². The van der Waals surface area contributed by atoms with E-state index in [1.165, 1.54) is 11.2 Å². The summed E-state index contributed by atoms with van der Waals surface area (Å²) in [5.74, 6) is 1.61. The zero-order chi connectivity index (χ0) is 18.1. The monoisotopic (exact) mass is 350 g/mol. The maximum Gasteiger partial charge on any atom is 0.168 e. The van der Waals surface area contributed by atoms with Gasteiger partial charge in [-0.25, -0.2) is 0 Å². The number of carbonyl (C=O) groups excluding carboxylic acids is 1. The molecule has 0 spiro atoms. The van der Waals surface area contributed by atoms with E-state index in [0.717, 1.165) is 18.4 Å². The molecule has 0 saturated heterocycles. The SMILES string of the molecule is C[C@@H]1C[C@](C)(C(=O)c2ccccc2)C[C@H]1C[Si](C)(C)c1ccccc1. The van der Waals surface area contributed by atoms with Crippen molar-refractivity contribution >= 4 is 19.0 Å². The van der Waals surface area contributed by atoms with E-state index in [-0.39, 0.29) is 5.41 Å². The van der Waals surface area contributed by atoms with Gasteiger partial charge in [0.25, 0.3) is 0 Å². The molecule has 0 N–H and O–H groups in total. The Balaban J connectivity index is 1.76. The summed E-state index contributed by atoms with van der Waals surface area (Å²) in [6.45, 7) is 9.49. The van der Waals surface area contributed by atoms with E-state index < -0.39 is 8.07 Å². The van der Waals surface area contributed by atoms with Gasteiger partial charge in [-0.2, -0.15) is 0 Å². The second-order valence-corrected chi connectivity index (χ2v) is 13.6. The molecular weight excluding hydrogens is 320 g/mol. The van der Waals surface area contributed by atoms with Crippen LogP contribution in [-0.2, 0) is 0 Å². The Morgan fingerprint density at radius 1 is 1.00 bits per heavy atom. The van der Waals surface area contributed by atoms with E-state index in [1.54, 1.807) is 0 Å². The van der Waals surface area contributed by atoms with Gasteiger partial charge in [-0.15, -0.1) is 0 Å². The number of rotatable bonds is 5. The molecule has 0 radical (unpaired) electrons. The molecule has 0 heterocycles. The van der Waals surface area contributed by atoms with Gasteiger partial charge < -0.3 is 0 Å². The number of ketones is 1. The molecule has 2 aromatic carbocycles. The predicted octanol–water partition coefficient (Wildman–Crippen LogP) is 5.54. The Morgan fingerprint density at radius 2 is 1.56 bits per heavy atom. The van der Waals surface area contributed by atoms with E-state index in [4.69, 9.17) is 0 Å². The van der Waals surface area contributed by atoms with Gasteiger partial charge in [0.2, 0.25) is 0 Å². The molecule has 1 aliphatic carbocycles. The normalized spacial score (nSPS) is 26.6. The lowest BCUT2D eigenvalue weighted by Crippen LogP contribution is -2.43. The zero-order valence-electron chi connectivity index (χ0n) is 16.0. The van der Waals surface area contributed by atoms with Crippen LogP contribution in [0.2, 0.25) is 19.1 Å². The summed E-state index contributed by atoms with van der Waals surface area (Å²) in [5, 5.41) is 1.53. The second kappa shape index (κ2) is 6.91. The summed E-state index contributed by atoms with van der Waals surface area (Å²) in [6, 6.07) is 22.1. The molecule has 0 bridgehead atoms. The first-order valence-corrected chi connectivity index (χ1v) is 12.7. The Morgan fingerprint density at radius 3 is 2.16 bits per heavy atom. The van der Waals surface area contributed by atoms with Gasteiger partial charge in [0, 0.05) is 11.0 Å². The smallest absolute Gasteiger partial charge is 0.168 e. The van der Waals surface area contributed by atoms with Crippen LogP contribution >= 0.6 is 0 Å². The van der Waals surface area contributed by atoms with Crippen LogP contribution in [0.15, 0.2) is 60.7 Å². The fourth-order valence-corrected chi connectivity index (χ4v) is 7.99.